The molecule has 0 radical (unpaired) electrons. The molecule has 0 saturated carbocycles. The van der Waals surface area contributed by atoms with Crippen LogP contribution in [0.2, 0.25) is 0 Å². The van der Waals surface area contributed by atoms with E-state index in [1.54, 1.807) is 20.8 Å². The third-order valence-corrected chi connectivity index (χ3v) is 5.40. The Morgan fingerprint density at radius 2 is 1.38 bits per heavy atom. The topological polar surface area (TPSA) is 105 Å². The molecule has 0 bridgehead atoms. The van der Waals surface area contributed by atoms with Gasteiger partial charge in [-0.05, 0) is 59.3 Å². The van der Waals surface area contributed by atoms with Crippen molar-refractivity contribution >= 4 is 18.0 Å². The van der Waals surface area contributed by atoms with Gasteiger partial charge < -0.3 is 20.5 Å². The van der Waals surface area contributed by atoms with Crippen LogP contribution in [0.25, 0.3) is 0 Å². The fraction of sp³-hybridized carbons (Fsp3) is 0.815. The first kappa shape index (κ1) is 31.9. The lowest BCUT2D eigenvalue weighted by Gasteiger charge is -2.20. The van der Waals surface area contributed by atoms with Crippen LogP contribution >= 0.6 is 0 Å². The summed E-state index contributed by atoms with van der Waals surface area (Å²) in [4.78, 5) is 35.1. The number of allylic oxidation sites excluding steroid dienone is 2. The highest BCUT2D eigenvalue weighted by Gasteiger charge is 2.21. The number of carbonyl (C=O) groups is 3. The number of unbranched alkanes of at least 4 members (excludes halogenated alkanes) is 11. The summed E-state index contributed by atoms with van der Waals surface area (Å²) in [6, 6.07) is -1.02. The standard InChI is InChI=1S/C27H50N2O5/c1-5-6-7-8-9-10-11-12-13-14-15-16-17-18-19-20-24(30)29-23(25(31)32)21-22-28-26(33)34-27(2,3)4/h12-13,23H,5-11,14-22H2,1-4H3,(H,28,33)(H,29,30)(H,31,32)/b13-12-. The number of aliphatic carboxylic acids is 1. The molecule has 0 aliphatic heterocycles. The molecule has 7 nitrogen and oxygen atoms in total. The minimum absolute atomic E-state index is 0.104. The number of hydrogen-bond acceptors (Lipinski definition) is 4. The minimum Gasteiger partial charge on any atom is -0.480 e. The summed E-state index contributed by atoms with van der Waals surface area (Å²) < 4.78 is 5.11. The van der Waals surface area contributed by atoms with Crippen molar-refractivity contribution in [3.63, 3.8) is 0 Å². The Bertz CT molecular complexity index is 584. The van der Waals surface area contributed by atoms with Gasteiger partial charge in [-0.2, -0.15) is 0 Å². The Hall–Kier alpha value is -2.05. The number of carboxylic acids is 1. The SMILES string of the molecule is CCCCCCCC/C=C\CCCCCCCC(=O)NC(CCNC(=O)OC(C)(C)C)C(=O)O. The molecule has 0 saturated heterocycles. The van der Waals surface area contributed by atoms with Crippen LogP contribution in [0.1, 0.15) is 124 Å². The first-order chi connectivity index (χ1) is 16.2. The van der Waals surface area contributed by atoms with Crippen LogP contribution in [0.3, 0.4) is 0 Å². The largest absolute Gasteiger partial charge is 0.480 e. The Morgan fingerprint density at radius 3 is 1.91 bits per heavy atom. The molecule has 0 fully saturated rings. The van der Waals surface area contributed by atoms with Crippen LogP contribution in [-0.4, -0.2) is 41.3 Å². The molecule has 7 heteroatoms. The second kappa shape index (κ2) is 20.3. The van der Waals surface area contributed by atoms with Crippen molar-refractivity contribution in [2.75, 3.05) is 6.54 Å². The van der Waals surface area contributed by atoms with E-state index in [4.69, 9.17) is 4.74 Å². The maximum atomic E-state index is 12.1. The van der Waals surface area contributed by atoms with Crippen molar-refractivity contribution in [3.05, 3.63) is 12.2 Å². The van der Waals surface area contributed by atoms with Crippen LogP contribution in [0.4, 0.5) is 4.79 Å². The fourth-order valence-electron chi connectivity index (χ4n) is 3.51. The van der Waals surface area contributed by atoms with Gasteiger partial charge >= 0.3 is 12.1 Å². The quantitative estimate of drug-likeness (QED) is 0.136. The summed E-state index contributed by atoms with van der Waals surface area (Å²) in [7, 11) is 0. The monoisotopic (exact) mass is 482 g/mol. The molecule has 1 atom stereocenters. The normalized spacial score (nSPS) is 12.5. The van der Waals surface area contributed by atoms with E-state index in [1.807, 2.05) is 0 Å². The van der Waals surface area contributed by atoms with Gasteiger partial charge in [0.1, 0.15) is 11.6 Å². The van der Waals surface area contributed by atoms with E-state index in [1.165, 1.54) is 51.4 Å². The average molecular weight is 483 g/mol. The summed E-state index contributed by atoms with van der Waals surface area (Å²) in [5.41, 5.74) is -0.617. The molecule has 0 aromatic heterocycles. The molecule has 0 heterocycles. The van der Waals surface area contributed by atoms with Gasteiger partial charge in [0.05, 0.1) is 0 Å². The second-order valence-corrected chi connectivity index (χ2v) is 10.0. The number of carbonyl (C=O) groups excluding carboxylic acids is 2. The van der Waals surface area contributed by atoms with Gasteiger partial charge in [-0.15, -0.1) is 0 Å². The Labute approximate surface area is 207 Å². The van der Waals surface area contributed by atoms with E-state index in [-0.39, 0.29) is 18.9 Å². The summed E-state index contributed by atoms with van der Waals surface area (Å²) >= 11 is 0. The fourth-order valence-corrected chi connectivity index (χ4v) is 3.51. The third-order valence-electron chi connectivity index (χ3n) is 5.40. The van der Waals surface area contributed by atoms with E-state index in [2.05, 4.69) is 29.7 Å². The van der Waals surface area contributed by atoms with Gasteiger partial charge in [0.25, 0.3) is 0 Å². The highest BCUT2D eigenvalue weighted by Crippen LogP contribution is 2.10. The molecule has 0 aliphatic carbocycles. The second-order valence-electron chi connectivity index (χ2n) is 10.0. The summed E-state index contributed by atoms with van der Waals surface area (Å²) in [6.07, 6.45) is 19.9. The highest BCUT2D eigenvalue weighted by molar-refractivity contribution is 5.83. The Balaban J connectivity index is 3.75. The number of alkyl carbamates (subject to hydrolysis) is 1. The maximum absolute atomic E-state index is 12.1. The molecule has 3 N–H and O–H groups in total. The van der Waals surface area contributed by atoms with Gasteiger partial charge in [0, 0.05) is 13.0 Å². The number of hydrogen-bond donors (Lipinski definition) is 3. The molecular formula is C27H50N2O5. The predicted molar refractivity (Wildman–Crippen MR) is 138 cm³/mol. The molecule has 198 valence electrons. The Morgan fingerprint density at radius 1 is 0.853 bits per heavy atom. The highest BCUT2D eigenvalue weighted by atomic mass is 16.6. The van der Waals surface area contributed by atoms with E-state index in [0.29, 0.717) is 6.42 Å². The van der Waals surface area contributed by atoms with Crippen molar-refractivity contribution in [1.29, 1.82) is 0 Å². The van der Waals surface area contributed by atoms with Crippen LogP contribution in [0.5, 0.6) is 0 Å². The maximum Gasteiger partial charge on any atom is 0.407 e. The van der Waals surface area contributed by atoms with Crippen molar-refractivity contribution in [2.24, 2.45) is 0 Å². The third kappa shape index (κ3) is 21.8. The van der Waals surface area contributed by atoms with Gasteiger partial charge in [-0.3, -0.25) is 4.79 Å². The van der Waals surface area contributed by atoms with E-state index >= 15 is 0 Å². The summed E-state index contributed by atoms with van der Waals surface area (Å²) in [6.45, 7) is 7.61. The number of nitrogens with one attached hydrogen (secondary N) is 2. The van der Waals surface area contributed by atoms with Crippen LogP contribution < -0.4 is 10.6 Å². The molecule has 0 aliphatic rings. The molecule has 0 aromatic rings. The van der Waals surface area contributed by atoms with Crippen LogP contribution in [-0.2, 0) is 14.3 Å². The lowest BCUT2D eigenvalue weighted by Crippen LogP contribution is -2.43. The molecule has 1 unspecified atom stereocenters. The van der Waals surface area contributed by atoms with Crippen molar-refractivity contribution < 1.29 is 24.2 Å². The molecule has 2 amide bonds. The van der Waals surface area contributed by atoms with Crippen LogP contribution in [0, 0.1) is 0 Å². The molecule has 0 rings (SSSR count). The van der Waals surface area contributed by atoms with E-state index in [9.17, 15) is 19.5 Å². The molecular weight excluding hydrogens is 432 g/mol. The number of ether oxygens (including phenoxy) is 1. The van der Waals surface area contributed by atoms with E-state index < -0.39 is 23.7 Å². The Kier molecular flexibility index (Phi) is 19.1. The number of amides is 2. The lowest BCUT2D eigenvalue weighted by molar-refractivity contribution is -0.142. The van der Waals surface area contributed by atoms with E-state index in [0.717, 1.165) is 32.1 Å². The van der Waals surface area contributed by atoms with Gasteiger partial charge in [0.15, 0.2) is 0 Å². The number of carboxylic acid groups (broad SMARTS) is 1. The van der Waals surface area contributed by atoms with Gasteiger partial charge in [-0.1, -0.05) is 70.4 Å². The number of rotatable bonds is 20. The predicted octanol–water partition coefficient (Wildman–Crippen LogP) is 6.51. The van der Waals surface area contributed by atoms with Crippen molar-refractivity contribution in [2.45, 2.75) is 136 Å². The minimum atomic E-state index is -1.11. The first-order valence-corrected chi connectivity index (χ1v) is 13.3. The van der Waals surface area contributed by atoms with Crippen molar-refractivity contribution in [1.82, 2.24) is 10.6 Å². The molecule has 34 heavy (non-hydrogen) atoms. The molecule has 0 spiro atoms. The van der Waals surface area contributed by atoms with Gasteiger partial charge in [0.2, 0.25) is 5.91 Å². The summed E-state index contributed by atoms with van der Waals surface area (Å²) in [5.74, 6) is -1.37. The molecule has 0 aromatic carbocycles. The van der Waals surface area contributed by atoms with Gasteiger partial charge in [-0.25, -0.2) is 9.59 Å². The average Bonchev–Trinajstić information content (AvgIpc) is 2.74. The zero-order valence-electron chi connectivity index (χ0n) is 22.1. The lowest BCUT2D eigenvalue weighted by atomic mass is 10.1. The first-order valence-electron chi connectivity index (χ1n) is 13.3. The zero-order chi connectivity index (χ0) is 25.7. The smallest absolute Gasteiger partial charge is 0.407 e. The zero-order valence-corrected chi connectivity index (χ0v) is 22.1. The van der Waals surface area contributed by atoms with Crippen LogP contribution in [0.15, 0.2) is 12.2 Å². The van der Waals surface area contributed by atoms with Crippen molar-refractivity contribution in [3.8, 4) is 0 Å². The summed E-state index contributed by atoms with van der Waals surface area (Å²) in [5, 5.41) is 14.4.